The summed E-state index contributed by atoms with van der Waals surface area (Å²) >= 11 is 0. The monoisotopic (exact) mass is 268 g/mol. The predicted molar refractivity (Wildman–Crippen MR) is 80.2 cm³/mol. The molecule has 0 heterocycles. The van der Waals surface area contributed by atoms with E-state index in [1.807, 2.05) is 6.08 Å². The first-order valence-electron chi connectivity index (χ1n) is 6.83. The maximum absolute atomic E-state index is 9.03. The molecule has 0 saturated heterocycles. The number of aliphatic hydroxyl groups is 1. The van der Waals surface area contributed by atoms with Crippen molar-refractivity contribution in [3.8, 4) is 0 Å². The topological polar surface area (TPSA) is 29.5 Å². The summed E-state index contributed by atoms with van der Waals surface area (Å²) in [5, 5.41) is 9.29. The van der Waals surface area contributed by atoms with Crippen LogP contribution in [0.15, 0.2) is 23.8 Å². The Balaban J connectivity index is 2.70. The van der Waals surface area contributed by atoms with E-state index in [1.54, 1.807) is 0 Å². The maximum atomic E-state index is 9.03. The Morgan fingerprint density at radius 1 is 1.44 bits per heavy atom. The van der Waals surface area contributed by atoms with Gasteiger partial charge in [0.1, 0.15) is 0 Å². The number of rotatable bonds is 3. The smallest absolute Gasteiger partial charge is 0.192 e. The fraction of sp³-hybridized carbons (Fsp3) is 0.733. The SMILES string of the molecule is C=C1CCC(O[Si](C)(C)C(C)(C)C)C/C1=C\CO. The van der Waals surface area contributed by atoms with Gasteiger partial charge < -0.3 is 9.53 Å². The van der Waals surface area contributed by atoms with Crippen molar-refractivity contribution in [2.75, 3.05) is 6.61 Å². The van der Waals surface area contributed by atoms with E-state index in [4.69, 9.17) is 9.53 Å². The summed E-state index contributed by atoms with van der Waals surface area (Å²) in [6.45, 7) is 15.6. The fourth-order valence-electron chi connectivity index (χ4n) is 2.02. The highest BCUT2D eigenvalue weighted by molar-refractivity contribution is 6.74. The highest BCUT2D eigenvalue weighted by atomic mass is 28.4. The van der Waals surface area contributed by atoms with Crippen LogP contribution in [0.4, 0.5) is 0 Å². The Bertz CT molecular complexity index is 337. The zero-order valence-electron chi connectivity index (χ0n) is 12.5. The van der Waals surface area contributed by atoms with Crippen molar-refractivity contribution in [2.24, 2.45) is 0 Å². The molecule has 1 unspecified atom stereocenters. The Labute approximate surface area is 113 Å². The highest BCUT2D eigenvalue weighted by Gasteiger charge is 2.39. The molecule has 0 aliphatic heterocycles. The molecule has 1 aliphatic carbocycles. The second-order valence-corrected chi connectivity index (χ2v) is 11.5. The van der Waals surface area contributed by atoms with E-state index in [1.165, 1.54) is 11.1 Å². The van der Waals surface area contributed by atoms with E-state index in [-0.39, 0.29) is 11.6 Å². The normalized spacial score (nSPS) is 24.7. The van der Waals surface area contributed by atoms with E-state index in [0.717, 1.165) is 19.3 Å². The van der Waals surface area contributed by atoms with Gasteiger partial charge in [0, 0.05) is 6.10 Å². The number of hydrogen-bond acceptors (Lipinski definition) is 2. The molecule has 3 heteroatoms. The molecule has 1 atom stereocenters. The Kier molecular flexibility index (Phi) is 4.98. The van der Waals surface area contributed by atoms with Crippen LogP contribution in [0.2, 0.25) is 18.1 Å². The molecule has 104 valence electrons. The molecule has 1 aliphatic rings. The third kappa shape index (κ3) is 3.80. The molecule has 1 rings (SSSR count). The number of allylic oxidation sites excluding steroid dienone is 1. The van der Waals surface area contributed by atoms with Gasteiger partial charge in [0.15, 0.2) is 8.32 Å². The lowest BCUT2D eigenvalue weighted by Gasteiger charge is -2.41. The average Bonchev–Trinajstić information content (AvgIpc) is 2.21. The van der Waals surface area contributed by atoms with Crippen LogP contribution in [0, 0.1) is 0 Å². The van der Waals surface area contributed by atoms with E-state index in [2.05, 4.69) is 40.4 Å². The standard InChI is InChI=1S/C15H28O2Si/c1-12-7-8-14(11-13(12)9-10-16)17-18(5,6)15(2,3)4/h9,14,16H,1,7-8,10-11H2,2-6H3/b13-9+. The van der Waals surface area contributed by atoms with Crippen molar-refractivity contribution in [2.45, 2.75) is 64.3 Å². The molecule has 1 fully saturated rings. The van der Waals surface area contributed by atoms with E-state index >= 15 is 0 Å². The lowest BCUT2D eigenvalue weighted by Crippen LogP contribution is -2.44. The molecule has 0 amide bonds. The summed E-state index contributed by atoms with van der Waals surface area (Å²) in [5.41, 5.74) is 2.35. The summed E-state index contributed by atoms with van der Waals surface area (Å²) in [7, 11) is -1.69. The van der Waals surface area contributed by atoms with Crippen molar-refractivity contribution >= 4 is 8.32 Å². The minimum Gasteiger partial charge on any atom is -0.414 e. The van der Waals surface area contributed by atoms with E-state index in [9.17, 15) is 0 Å². The minimum absolute atomic E-state index is 0.0984. The van der Waals surface area contributed by atoms with Crippen molar-refractivity contribution in [3.63, 3.8) is 0 Å². The highest BCUT2D eigenvalue weighted by Crippen LogP contribution is 2.40. The molecule has 0 aromatic rings. The van der Waals surface area contributed by atoms with Crippen LogP contribution < -0.4 is 0 Å². The van der Waals surface area contributed by atoms with Gasteiger partial charge in [-0.3, -0.25) is 0 Å². The summed E-state index contributed by atoms with van der Waals surface area (Å²) in [5.74, 6) is 0. The molecule has 0 aromatic heterocycles. The summed E-state index contributed by atoms with van der Waals surface area (Å²) in [6.07, 6.45) is 5.14. The third-order valence-electron chi connectivity index (χ3n) is 4.27. The lowest BCUT2D eigenvalue weighted by atomic mass is 9.88. The van der Waals surface area contributed by atoms with Crippen LogP contribution >= 0.6 is 0 Å². The van der Waals surface area contributed by atoms with Crippen LogP contribution in [0.25, 0.3) is 0 Å². The van der Waals surface area contributed by atoms with Crippen LogP contribution in [-0.4, -0.2) is 26.1 Å². The molecule has 2 nitrogen and oxygen atoms in total. The second-order valence-electron chi connectivity index (χ2n) is 6.76. The van der Waals surface area contributed by atoms with Crippen LogP contribution in [0.1, 0.15) is 40.0 Å². The zero-order chi connectivity index (χ0) is 14.0. The Hall–Kier alpha value is -0.383. The largest absolute Gasteiger partial charge is 0.414 e. The van der Waals surface area contributed by atoms with Gasteiger partial charge in [-0.25, -0.2) is 0 Å². The first-order valence-corrected chi connectivity index (χ1v) is 9.74. The van der Waals surface area contributed by atoms with Crippen molar-refractivity contribution in [1.29, 1.82) is 0 Å². The third-order valence-corrected chi connectivity index (χ3v) is 8.81. The van der Waals surface area contributed by atoms with Gasteiger partial charge in [0.25, 0.3) is 0 Å². The number of aliphatic hydroxyl groups excluding tert-OH is 1. The molecule has 1 saturated carbocycles. The Morgan fingerprint density at radius 2 is 2.06 bits per heavy atom. The quantitative estimate of drug-likeness (QED) is 0.783. The van der Waals surface area contributed by atoms with E-state index < -0.39 is 8.32 Å². The summed E-state index contributed by atoms with van der Waals surface area (Å²) in [6, 6.07) is 0. The minimum atomic E-state index is -1.69. The maximum Gasteiger partial charge on any atom is 0.192 e. The first kappa shape index (κ1) is 15.7. The van der Waals surface area contributed by atoms with Gasteiger partial charge >= 0.3 is 0 Å². The van der Waals surface area contributed by atoms with E-state index in [0.29, 0.717) is 6.10 Å². The van der Waals surface area contributed by atoms with Crippen molar-refractivity contribution < 1.29 is 9.53 Å². The van der Waals surface area contributed by atoms with Crippen LogP contribution in [0.3, 0.4) is 0 Å². The lowest BCUT2D eigenvalue weighted by molar-refractivity contribution is 0.164. The van der Waals surface area contributed by atoms with Gasteiger partial charge in [-0.2, -0.15) is 0 Å². The fourth-order valence-corrected chi connectivity index (χ4v) is 3.41. The average molecular weight is 268 g/mol. The molecule has 0 radical (unpaired) electrons. The van der Waals surface area contributed by atoms with Crippen LogP contribution in [-0.2, 0) is 4.43 Å². The molecule has 0 aromatic carbocycles. The molecule has 18 heavy (non-hydrogen) atoms. The molecule has 0 bridgehead atoms. The predicted octanol–water partition coefficient (Wildman–Crippen LogP) is 4.04. The van der Waals surface area contributed by atoms with Crippen LogP contribution in [0.5, 0.6) is 0 Å². The van der Waals surface area contributed by atoms with Gasteiger partial charge in [-0.05, 0) is 43.0 Å². The Morgan fingerprint density at radius 3 is 2.56 bits per heavy atom. The zero-order valence-corrected chi connectivity index (χ0v) is 13.5. The first-order chi connectivity index (χ1) is 8.17. The van der Waals surface area contributed by atoms with Gasteiger partial charge in [0.05, 0.1) is 6.61 Å². The number of hydrogen-bond donors (Lipinski definition) is 1. The van der Waals surface area contributed by atoms with Crippen molar-refractivity contribution in [1.82, 2.24) is 0 Å². The second kappa shape index (κ2) is 5.72. The molecular weight excluding hydrogens is 240 g/mol. The van der Waals surface area contributed by atoms with Crippen molar-refractivity contribution in [3.05, 3.63) is 23.8 Å². The molecule has 1 N–H and O–H groups in total. The summed E-state index contributed by atoms with van der Waals surface area (Å²) in [4.78, 5) is 0. The summed E-state index contributed by atoms with van der Waals surface area (Å²) < 4.78 is 6.44. The van der Waals surface area contributed by atoms with Gasteiger partial charge in [-0.15, -0.1) is 0 Å². The van der Waals surface area contributed by atoms with Gasteiger partial charge in [-0.1, -0.05) is 39.0 Å². The van der Waals surface area contributed by atoms with Gasteiger partial charge in [0.2, 0.25) is 0 Å². The molecule has 0 spiro atoms. The molecular formula is C15H28O2Si.